The number of ether oxygens (including phenoxy) is 1. The summed E-state index contributed by atoms with van der Waals surface area (Å²) in [5.41, 5.74) is 1.39. The molecule has 2 rings (SSSR count). The van der Waals surface area contributed by atoms with Gasteiger partial charge in [-0.1, -0.05) is 26.0 Å². The third kappa shape index (κ3) is 3.47. The molecule has 2 nitrogen and oxygen atoms in total. The van der Waals surface area contributed by atoms with Crippen LogP contribution in [0.2, 0.25) is 0 Å². The lowest BCUT2D eigenvalue weighted by Crippen LogP contribution is -2.30. The zero-order valence-electron chi connectivity index (χ0n) is 10.9. The van der Waals surface area contributed by atoms with E-state index in [1.54, 1.807) is 0 Å². The molecule has 0 aromatic heterocycles. The van der Waals surface area contributed by atoms with Crippen molar-refractivity contribution < 1.29 is 4.74 Å². The maximum atomic E-state index is 5.60. The summed E-state index contributed by atoms with van der Waals surface area (Å²) in [5, 5.41) is 3.59. The molecule has 1 N–H and O–H groups in total. The quantitative estimate of drug-likeness (QED) is 0.859. The van der Waals surface area contributed by atoms with Gasteiger partial charge >= 0.3 is 0 Å². The summed E-state index contributed by atoms with van der Waals surface area (Å²) in [6.45, 7) is 6.41. The summed E-state index contributed by atoms with van der Waals surface area (Å²) in [7, 11) is 0. The molecule has 2 heteroatoms. The highest BCUT2D eigenvalue weighted by Gasteiger charge is 2.19. The Kier molecular flexibility index (Phi) is 4.43. The second-order valence-corrected chi connectivity index (χ2v) is 5.05. The van der Waals surface area contributed by atoms with E-state index in [-0.39, 0.29) is 0 Å². The molecule has 1 aromatic carbocycles. The van der Waals surface area contributed by atoms with Crippen LogP contribution in [-0.4, -0.2) is 13.2 Å². The van der Waals surface area contributed by atoms with E-state index in [4.69, 9.17) is 4.74 Å². The fraction of sp³-hybridized carbons (Fsp3) is 0.600. The SMILES string of the molecule is CCCOc1ccc(C2CC(C)CCN2)cc1. The van der Waals surface area contributed by atoms with Crippen LogP contribution in [0.5, 0.6) is 5.75 Å². The van der Waals surface area contributed by atoms with Crippen molar-refractivity contribution in [3.05, 3.63) is 29.8 Å². The molecule has 0 radical (unpaired) electrons. The average molecular weight is 233 g/mol. The van der Waals surface area contributed by atoms with Crippen LogP contribution in [-0.2, 0) is 0 Å². The summed E-state index contributed by atoms with van der Waals surface area (Å²) in [6.07, 6.45) is 3.60. The van der Waals surface area contributed by atoms with Crippen molar-refractivity contribution in [2.24, 2.45) is 5.92 Å². The fourth-order valence-electron chi connectivity index (χ4n) is 2.38. The highest BCUT2D eigenvalue weighted by molar-refractivity contribution is 5.29. The van der Waals surface area contributed by atoms with Gasteiger partial charge in [0.1, 0.15) is 5.75 Å². The van der Waals surface area contributed by atoms with Gasteiger partial charge in [0.15, 0.2) is 0 Å². The molecule has 0 bridgehead atoms. The van der Waals surface area contributed by atoms with Crippen molar-refractivity contribution in [1.82, 2.24) is 5.32 Å². The van der Waals surface area contributed by atoms with Gasteiger partial charge in [0.25, 0.3) is 0 Å². The van der Waals surface area contributed by atoms with Crippen LogP contribution < -0.4 is 10.1 Å². The maximum Gasteiger partial charge on any atom is 0.119 e. The highest BCUT2D eigenvalue weighted by atomic mass is 16.5. The van der Waals surface area contributed by atoms with E-state index in [0.29, 0.717) is 6.04 Å². The molecule has 1 heterocycles. The molecule has 1 fully saturated rings. The maximum absolute atomic E-state index is 5.60. The van der Waals surface area contributed by atoms with Crippen molar-refractivity contribution >= 4 is 0 Å². The van der Waals surface area contributed by atoms with Crippen LogP contribution >= 0.6 is 0 Å². The van der Waals surface area contributed by atoms with Crippen LogP contribution in [0.25, 0.3) is 0 Å². The summed E-state index contributed by atoms with van der Waals surface area (Å²) < 4.78 is 5.60. The summed E-state index contributed by atoms with van der Waals surface area (Å²) in [4.78, 5) is 0. The van der Waals surface area contributed by atoms with E-state index in [0.717, 1.165) is 31.2 Å². The summed E-state index contributed by atoms with van der Waals surface area (Å²) in [5.74, 6) is 1.82. The summed E-state index contributed by atoms with van der Waals surface area (Å²) in [6, 6.07) is 9.10. The zero-order chi connectivity index (χ0) is 12.1. The molecule has 1 aromatic rings. The van der Waals surface area contributed by atoms with Crippen LogP contribution in [0.4, 0.5) is 0 Å². The van der Waals surface area contributed by atoms with E-state index >= 15 is 0 Å². The number of benzene rings is 1. The molecular formula is C15H23NO. The number of rotatable bonds is 4. The second-order valence-electron chi connectivity index (χ2n) is 5.05. The first-order chi connectivity index (χ1) is 8.29. The Balaban J connectivity index is 1.96. The second kappa shape index (κ2) is 6.06. The molecule has 0 aliphatic carbocycles. The first kappa shape index (κ1) is 12.4. The molecule has 2 unspecified atom stereocenters. The van der Waals surface area contributed by atoms with Crippen LogP contribution in [0.3, 0.4) is 0 Å². The number of piperidine rings is 1. The minimum Gasteiger partial charge on any atom is -0.494 e. The molecular weight excluding hydrogens is 210 g/mol. The Bertz CT molecular complexity index is 333. The van der Waals surface area contributed by atoms with E-state index in [9.17, 15) is 0 Å². The lowest BCUT2D eigenvalue weighted by molar-refractivity contribution is 0.315. The molecule has 1 aliphatic heterocycles. The Morgan fingerprint density at radius 1 is 1.29 bits per heavy atom. The Labute approximate surface area is 104 Å². The number of hydrogen-bond acceptors (Lipinski definition) is 2. The standard InChI is InChI=1S/C15H23NO/c1-3-10-17-14-6-4-13(5-7-14)15-11-12(2)8-9-16-15/h4-7,12,15-16H,3,8-11H2,1-2H3. The molecule has 94 valence electrons. The van der Waals surface area contributed by atoms with E-state index < -0.39 is 0 Å². The third-order valence-electron chi connectivity index (χ3n) is 3.42. The molecule has 1 saturated heterocycles. The van der Waals surface area contributed by atoms with Crippen molar-refractivity contribution in [3.8, 4) is 5.75 Å². The topological polar surface area (TPSA) is 21.3 Å². The first-order valence-electron chi connectivity index (χ1n) is 6.75. The van der Waals surface area contributed by atoms with Gasteiger partial charge in [-0.25, -0.2) is 0 Å². The average Bonchev–Trinajstić information content (AvgIpc) is 2.37. The van der Waals surface area contributed by atoms with Gasteiger partial charge < -0.3 is 10.1 Å². The fourth-order valence-corrected chi connectivity index (χ4v) is 2.38. The van der Waals surface area contributed by atoms with Gasteiger partial charge in [0.2, 0.25) is 0 Å². The van der Waals surface area contributed by atoms with Gasteiger partial charge in [-0.15, -0.1) is 0 Å². The van der Waals surface area contributed by atoms with Crippen molar-refractivity contribution in [2.45, 2.75) is 39.2 Å². The molecule has 0 saturated carbocycles. The molecule has 1 aliphatic rings. The predicted molar refractivity (Wildman–Crippen MR) is 71.4 cm³/mol. The van der Waals surface area contributed by atoms with Gasteiger partial charge in [-0.05, 0) is 49.4 Å². The highest BCUT2D eigenvalue weighted by Crippen LogP contribution is 2.27. The molecule has 0 spiro atoms. The Morgan fingerprint density at radius 3 is 2.71 bits per heavy atom. The lowest BCUT2D eigenvalue weighted by atomic mass is 9.90. The third-order valence-corrected chi connectivity index (χ3v) is 3.42. The molecule has 2 atom stereocenters. The molecule has 0 amide bonds. The van der Waals surface area contributed by atoms with E-state index in [2.05, 4.69) is 43.4 Å². The van der Waals surface area contributed by atoms with E-state index in [1.807, 2.05) is 0 Å². The largest absolute Gasteiger partial charge is 0.494 e. The number of hydrogen-bond donors (Lipinski definition) is 1. The minimum atomic E-state index is 0.527. The van der Waals surface area contributed by atoms with Gasteiger partial charge in [-0.2, -0.15) is 0 Å². The van der Waals surface area contributed by atoms with Crippen LogP contribution in [0, 0.1) is 5.92 Å². The Hall–Kier alpha value is -1.02. The monoisotopic (exact) mass is 233 g/mol. The lowest BCUT2D eigenvalue weighted by Gasteiger charge is -2.28. The van der Waals surface area contributed by atoms with Crippen molar-refractivity contribution in [3.63, 3.8) is 0 Å². The van der Waals surface area contributed by atoms with Crippen molar-refractivity contribution in [1.29, 1.82) is 0 Å². The normalized spacial score (nSPS) is 24.6. The predicted octanol–water partition coefficient (Wildman–Crippen LogP) is 3.54. The van der Waals surface area contributed by atoms with Crippen LogP contribution in [0.1, 0.15) is 44.7 Å². The minimum absolute atomic E-state index is 0.527. The zero-order valence-corrected chi connectivity index (χ0v) is 10.9. The van der Waals surface area contributed by atoms with Gasteiger partial charge in [0.05, 0.1) is 6.61 Å². The summed E-state index contributed by atoms with van der Waals surface area (Å²) >= 11 is 0. The van der Waals surface area contributed by atoms with Gasteiger partial charge in [0, 0.05) is 6.04 Å². The van der Waals surface area contributed by atoms with Crippen LogP contribution in [0.15, 0.2) is 24.3 Å². The van der Waals surface area contributed by atoms with Gasteiger partial charge in [-0.3, -0.25) is 0 Å². The smallest absolute Gasteiger partial charge is 0.119 e. The molecule has 17 heavy (non-hydrogen) atoms. The van der Waals surface area contributed by atoms with E-state index in [1.165, 1.54) is 18.4 Å². The number of nitrogens with one attached hydrogen (secondary N) is 1. The van der Waals surface area contributed by atoms with Crippen molar-refractivity contribution in [2.75, 3.05) is 13.2 Å². The Morgan fingerprint density at radius 2 is 2.06 bits per heavy atom. The first-order valence-corrected chi connectivity index (χ1v) is 6.75.